The Hall–Kier alpha value is -2.77. The lowest BCUT2D eigenvalue weighted by molar-refractivity contribution is 0.410. The third kappa shape index (κ3) is 5.23. The number of pyridine rings is 1. The van der Waals surface area contributed by atoms with Crippen LogP contribution < -0.4 is 16.4 Å². The van der Waals surface area contributed by atoms with Gasteiger partial charge in [0, 0.05) is 30.4 Å². The van der Waals surface area contributed by atoms with Crippen molar-refractivity contribution >= 4 is 23.2 Å². The van der Waals surface area contributed by atoms with E-state index < -0.39 is 0 Å². The van der Waals surface area contributed by atoms with E-state index in [9.17, 15) is 4.39 Å². The van der Waals surface area contributed by atoms with Crippen molar-refractivity contribution in [2.75, 3.05) is 10.6 Å². The maximum atomic E-state index is 13.4. The highest BCUT2D eigenvalue weighted by atomic mass is 35.5. The Morgan fingerprint density at radius 2 is 1.90 bits per heavy atom. The molecular weight excluding hydrogens is 403 g/mol. The highest BCUT2D eigenvalue weighted by Gasteiger charge is 2.19. The van der Waals surface area contributed by atoms with Crippen LogP contribution in [0.2, 0.25) is 5.02 Å². The second kappa shape index (κ2) is 9.36. The summed E-state index contributed by atoms with van der Waals surface area (Å²) in [6, 6.07) is 8.99. The number of nitrogens with zero attached hydrogens (tertiary/aromatic N) is 3. The van der Waals surface area contributed by atoms with Crippen LogP contribution in [-0.2, 0) is 6.54 Å². The Balaban J connectivity index is 1.48. The maximum Gasteiger partial charge on any atom is 0.145 e. The van der Waals surface area contributed by atoms with Gasteiger partial charge >= 0.3 is 0 Å². The Bertz CT molecular complexity index is 1010. The van der Waals surface area contributed by atoms with Crippen molar-refractivity contribution in [2.24, 2.45) is 5.73 Å². The van der Waals surface area contributed by atoms with Gasteiger partial charge < -0.3 is 16.4 Å². The van der Waals surface area contributed by atoms with Crippen molar-refractivity contribution in [1.82, 2.24) is 15.0 Å². The van der Waals surface area contributed by atoms with Gasteiger partial charge in [-0.1, -0.05) is 23.7 Å². The maximum absolute atomic E-state index is 13.4. The molecule has 0 aliphatic heterocycles. The molecule has 4 rings (SSSR count). The summed E-state index contributed by atoms with van der Waals surface area (Å²) in [6.07, 6.45) is 9.01. The monoisotopic (exact) mass is 426 g/mol. The zero-order chi connectivity index (χ0) is 20.9. The molecule has 1 aliphatic carbocycles. The van der Waals surface area contributed by atoms with Crippen LogP contribution in [0.25, 0.3) is 11.3 Å². The molecule has 0 bridgehead atoms. The fourth-order valence-corrected chi connectivity index (χ4v) is 3.81. The highest BCUT2D eigenvalue weighted by molar-refractivity contribution is 6.33. The molecule has 2 aromatic heterocycles. The third-order valence-corrected chi connectivity index (χ3v) is 5.55. The summed E-state index contributed by atoms with van der Waals surface area (Å²) < 4.78 is 13.4. The van der Waals surface area contributed by atoms with Crippen LogP contribution in [-0.4, -0.2) is 27.0 Å². The van der Waals surface area contributed by atoms with E-state index in [0.717, 1.165) is 42.6 Å². The molecular formula is C22H24ClFN6. The minimum absolute atomic E-state index is 0.266. The summed E-state index contributed by atoms with van der Waals surface area (Å²) in [5, 5.41) is 7.16. The highest BCUT2D eigenvalue weighted by Crippen LogP contribution is 2.29. The van der Waals surface area contributed by atoms with Crippen molar-refractivity contribution < 1.29 is 4.39 Å². The molecule has 30 heavy (non-hydrogen) atoms. The van der Waals surface area contributed by atoms with E-state index in [1.807, 2.05) is 12.1 Å². The Kier molecular flexibility index (Phi) is 6.40. The lowest BCUT2D eigenvalue weighted by Crippen LogP contribution is -2.33. The van der Waals surface area contributed by atoms with Crippen LogP contribution >= 0.6 is 11.6 Å². The largest absolute Gasteiger partial charge is 0.367 e. The first kappa shape index (κ1) is 20.5. The molecule has 156 valence electrons. The van der Waals surface area contributed by atoms with Gasteiger partial charge in [0.25, 0.3) is 0 Å². The van der Waals surface area contributed by atoms with Crippen LogP contribution in [0.1, 0.15) is 31.2 Å². The first-order valence-electron chi connectivity index (χ1n) is 10.1. The van der Waals surface area contributed by atoms with Crippen LogP contribution in [0, 0.1) is 5.82 Å². The van der Waals surface area contributed by atoms with E-state index >= 15 is 0 Å². The standard InChI is InChI=1S/C22H24ClFN6/c23-19-11-28-21(29-17-6-4-16(25)5-7-17)9-18(19)20-12-26-13-22(30-20)27-10-14-2-1-3-15(24)8-14/h1-3,8-9,11-13,16-17H,4-7,10,25H2,(H,27,30)(H,28,29). The summed E-state index contributed by atoms with van der Waals surface area (Å²) in [5.41, 5.74) is 8.21. The predicted octanol–water partition coefficient (Wildman–Crippen LogP) is 4.63. The fraction of sp³-hybridized carbons (Fsp3) is 0.318. The number of benzene rings is 1. The predicted molar refractivity (Wildman–Crippen MR) is 118 cm³/mol. The van der Waals surface area contributed by atoms with Crippen LogP contribution in [0.3, 0.4) is 0 Å². The minimum Gasteiger partial charge on any atom is -0.367 e. The zero-order valence-electron chi connectivity index (χ0n) is 16.5. The molecule has 6 nitrogen and oxygen atoms in total. The van der Waals surface area contributed by atoms with Crippen molar-refractivity contribution in [1.29, 1.82) is 0 Å². The number of hydrogen-bond donors (Lipinski definition) is 3. The van der Waals surface area contributed by atoms with Crippen LogP contribution in [0.5, 0.6) is 0 Å². The first-order valence-corrected chi connectivity index (χ1v) is 10.4. The van der Waals surface area contributed by atoms with Crippen molar-refractivity contribution in [2.45, 2.75) is 44.3 Å². The molecule has 8 heteroatoms. The van der Waals surface area contributed by atoms with E-state index in [-0.39, 0.29) is 5.82 Å². The molecule has 4 N–H and O–H groups in total. The molecule has 1 fully saturated rings. The van der Waals surface area contributed by atoms with Gasteiger partial charge in [0.15, 0.2) is 0 Å². The number of nitrogens with one attached hydrogen (secondary N) is 2. The second-order valence-electron chi connectivity index (χ2n) is 7.58. The molecule has 2 heterocycles. The van der Waals surface area contributed by atoms with Gasteiger partial charge in [-0.2, -0.15) is 0 Å². The van der Waals surface area contributed by atoms with E-state index in [4.69, 9.17) is 17.3 Å². The number of aromatic nitrogens is 3. The molecule has 0 unspecified atom stereocenters. The molecule has 0 saturated heterocycles. The lowest BCUT2D eigenvalue weighted by atomic mass is 9.92. The number of anilines is 2. The van der Waals surface area contributed by atoms with Crippen molar-refractivity contribution in [3.8, 4) is 11.3 Å². The molecule has 3 aromatic rings. The molecule has 0 radical (unpaired) electrons. The zero-order valence-corrected chi connectivity index (χ0v) is 17.2. The fourth-order valence-electron chi connectivity index (χ4n) is 3.61. The SMILES string of the molecule is NC1CCC(Nc2cc(-c3cncc(NCc4cccc(F)c4)n3)c(Cl)cn2)CC1. The summed E-state index contributed by atoms with van der Waals surface area (Å²) in [6.45, 7) is 0.441. The van der Waals surface area contributed by atoms with E-state index in [1.165, 1.54) is 12.1 Å². The number of hydrogen-bond acceptors (Lipinski definition) is 6. The lowest BCUT2D eigenvalue weighted by Gasteiger charge is -2.27. The number of rotatable bonds is 6. The van der Waals surface area contributed by atoms with Gasteiger partial charge in [-0.05, 0) is 49.4 Å². The van der Waals surface area contributed by atoms with E-state index in [1.54, 1.807) is 24.7 Å². The molecule has 0 amide bonds. The first-order chi connectivity index (χ1) is 14.6. The average molecular weight is 427 g/mol. The third-order valence-electron chi connectivity index (χ3n) is 5.25. The van der Waals surface area contributed by atoms with Gasteiger partial charge in [-0.25, -0.2) is 14.4 Å². The van der Waals surface area contributed by atoms with E-state index in [0.29, 0.717) is 35.2 Å². The minimum atomic E-state index is -0.266. The average Bonchev–Trinajstić information content (AvgIpc) is 2.75. The molecule has 1 aliphatic rings. The molecule has 1 saturated carbocycles. The normalized spacial score (nSPS) is 18.8. The van der Waals surface area contributed by atoms with Gasteiger partial charge in [-0.3, -0.25) is 4.98 Å². The molecule has 0 spiro atoms. The van der Waals surface area contributed by atoms with Crippen LogP contribution in [0.15, 0.2) is 48.9 Å². The Morgan fingerprint density at radius 3 is 2.70 bits per heavy atom. The van der Waals surface area contributed by atoms with Gasteiger partial charge in [0.05, 0.1) is 23.1 Å². The second-order valence-corrected chi connectivity index (χ2v) is 7.99. The molecule has 0 atom stereocenters. The Morgan fingerprint density at radius 1 is 1.07 bits per heavy atom. The quantitative estimate of drug-likeness (QED) is 0.532. The topological polar surface area (TPSA) is 88.8 Å². The van der Waals surface area contributed by atoms with E-state index in [2.05, 4.69) is 25.6 Å². The van der Waals surface area contributed by atoms with Crippen LogP contribution in [0.4, 0.5) is 16.0 Å². The summed E-state index contributed by atoms with van der Waals surface area (Å²) >= 11 is 6.40. The summed E-state index contributed by atoms with van der Waals surface area (Å²) in [4.78, 5) is 13.3. The van der Waals surface area contributed by atoms with Gasteiger partial charge in [-0.15, -0.1) is 0 Å². The van der Waals surface area contributed by atoms with Crippen molar-refractivity contribution in [3.63, 3.8) is 0 Å². The van der Waals surface area contributed by atoms with Crippen molar-refractivity contribution in [3.05, 3.63) is 65.3 Å². The molecule has 1 aromatic carbocycles. The summed E-state index contributed by atoms with van der Waals surface area (Å²) in [5.74, 6) is 1.08. The smallest absolute Gasteiger partial charge is 0.145 e. The van der Waals surface area contributed by atoms with Gasteiger partial charge in [0.2, 0.25) is 0 Å². The number of nitrogens with two attached hydrogens (primary N) is 1. The number of halogens is 2. The van der Waals surface area contributed by atoms with Gasteiger partial charge in [0.1, 0.15) is 17.5 Å². The summed E-state index contributed by atoms with van der Waals surface area (Å²) in [7, 11) is 0. The Labute approximate surface area is 180 Å².